The number of nitrogens with one attached hydrogen (secondary N) is 2. The molecule has 2 aromatic rings. The Balaban J connectivity index is 1.72. The van der Waals surface area contributed by atoms with Crippen LogP contribution in [0.2, 0.25) is 0 Å². The number of amides is 1. The Kier molecular flexibility index (Phi) is 6.11. The van der Waals surface area contributed by atoms with Crippen molar-refractivity contribution in [3.05, 3.63) is 41.7 Å². The summed E-state index contributed by atoms with van der Waals surface area (Å²) in [5, 5.41) is 10.3. The monoisotopic (exact) mass is 398 g/mol. The van der Waals surface area contributed by atoms with E-state index in [0.29, 0.717) is 22.3 Å². The van der Waals surface area contributed by atoms with Gasteiger partial charge < -0.3 is 10.6 Å². The van der Waals surface area contributed by atoms with E-state index in [2.05, 4.69) is 15.7 Å². The number of hydrogen-bond acceptors (Lipinski definition) is 4. The minimum absolute atomic E-state index is 0.206. The van der Waals surface area contributed by atoms with Crippen LogP contribution in [0.15, 0.2) is 35.4 Å². The Labute approximate surface area is 159 Å². The highest BCUT2D eigenvalue weighted by molar-refractivity contribution is 7.99. The topological polar surface area (TPSA) is 59.0 Å². The number of piperidine rings is 1. The van der Waals surface area contributed by atoms with Crippen molar-refractivity contribution < 1.29 is 18.0 Å². The molecule has 0 bridgehead atoms. The molecule has 1 aliphatic heterocycles. The first-order valence-electron chi connectivity index (χ1n) is 8.69. The molecule has 0 spiro atoms. The quantitative estimate of drug-likeness (QED) is 0.747. The van der Waals surface area contributed by atoms with E-state index in [1.54, 1.807) is 35.1 Å². The molecule has 146 valence electrons. The van der Waals surface area contributed by atoms with Crippen LogP contribution in [0, 0.1) is 6.92 Å². The number of aromatic nitrogens is 2. The number of rotatable bonds is 5. The maximum absolute atomic E-state index is 12.5. The SMILES string of the molecule is Cc1ccc(SCC(F)(F)F)c(NC(=O)c2ccn(C3CCCNC3)n2)c1. The molecule has 1 saturated heterocycles. The predicted octanol–water partition coefficient (Wildman–Crippen LogP) is 4.02. The van der Waals surface area contributed by atoms with Crippen LogP contribution in [-0.2, 0) is 0 Å². The highest BCUT2D eigenvalue weighted by Crippen LogP contribution is 2.33. The zero-order valence-electron chi connectivity index (χ0n) is 14.8. The van der Waals surface area contributed by atoms with Gasteiger partial charge in [-0.2, -0.15) is 18.3 Å². The molecule has 1 unspecified atom stereocenters. The van der Waals surface area contributed by atoms with Gasteiger partial charge in [0.25, 0.3) is 5.91 Å². The van der Waals surface area contributed by atoms with E-state index in [0.717, 1.165) is 31.5 Å². The Morgan fingerprint density at radius 2 is 2.22 bits per heavy atom. The lowest BCUT2D eigenvalue weighted by molar-refractivity contribution is -0.105. The molecule has 1 aromatic carbocycles. The molecule has 2 N–H and O–H groups in total. The zero-order valence-corrected chi connectivity index (χ0v) is 15.7. The summed E-state index contributed by atoms with van der Waals surface area (Å²) < 4.78 is 39.4. The van der Waals surface area contributed by atoms with E-state index in [4.69, 9.17) is 0 Å². The Morgan fingerprint density at radius 1 is 1.41 bits per heavy atom. The maximum atomic E-state index is 12.5. The van der Waals surface area contributed by atoms with Crippen molar-refractivity contribution in [2.75, 3.05) is 24.2 Å². The lowest BCUT2D eigenvalue weighted by Gasteiger charge is -2.22. The van der Waals surface area contributed by atoms with E-state index in [1.165, 1.54) is 0 Å². The standard InChI is InChI=1S/C18H21F3N4OS/c1-12-4-5-16(27-11-18(19,20)21)15(9-12)23-17(26)14-6-8-25(24-14)13-3-2-7-22-10-13/h4-6,8-9,13,22H,2-3,7,10-11H2,1H3,(H,23,26). The molecule has 27 heavy (non-hydrogen) atoms. The van der Waals surface area contributed by atoms with Gasteiger partial charge >= 0.3 is 6.18 Å². The average Bonchev–Trinajstić information content (AvgIpc) is 3.11. The van der Waals surface area contributed by atoms with Gasteiger partial charge in [-0.1, -0.05) is 6.07 Å². The van der Waals surface area contributed by atoms with Gasteiger partial charge in [0.05, 0.1) is 17.5 Å². The summed E-state index contributed by atoms with van der Waals surface area (Å²) in [6, 6.07) is 6.81. The maximum Gasteiger partial charge on any atom is 0.398 e. The van der Waals surface area contributed by atoms with Crippen molar-refractivity contribution >= 4 is 23.4 Å². The normalized spacial score (nSPS) is 17.7. The Hall–Kier alpha value is -2.00. The molecule has 0 saturated carbocycles. The van der Waals surface area contributed by atoms with Crippen LogP contribution in [0.25, 0.3) is 0 Å². The van der Waals surface area contributed by atoms with Crippen molar-refractivity contribution in [2.45, 2.75) is 36.9 Å². The van der Waals surface area contributed by atoms with Gasteiger partial charge in [-0.15, -0.1) is 11.8 Å². The van der Waals surface area contributed by atoms with Crippen molar-refractivity contribution in [1.82, 2.24) is 15.1 Å². The summed E-state index contributed by atoms with van der Waals surface area (Å²) in [4.78, 5) is 12.9. The molecular weight excluding hydrogens is 377 g/mol. The molecule has 2 heterocycles. The van der Waals surface area contributed by atoms with E-state index in [-0.39, 0.29) is 11.7 Å². The molecular formula is C18H21F3N4OS. The second-order valence-electron chi connectivity index (χ2n) is 6.54. The molecule has 1 aliphatic rings. The number of aryl methyl sites for hydroxylation is 1. The van der Waals surface area contributed by atoms with Crippen LogP contribution in [-0.4, -0.2) is 40.7 Å². The molecule has 9 heteroatoms. The van der Waals surface area contributed by atoms with Crippen molar-refractivity contribution in [3.8, 4) is 0 Å². The first-order valence-corrected chi connectivity index (χ1v) is 9.68. The summed E-state index contributed by atoms with van der Waals surface area (Å²) in [5.41, 5.74) is 1.46. The number of nitrogens with zero attached hydrogens (tertiary/aromatic N) is 2. The number of benzene rings is 1. The third-order valence-electron chi connectivity index (χ3n) is 4.26. The largest absolute Gasteiger partial charge is 0.398 e. The number of carbonyl (C=O) groups is 1. The number of thioether (sulfide) groups is 1. The summed E-state index contributed by atoms with van der Waals surface area (Å²) in [6.07, 6.45) is -0.466. The Morgan fingerprint density at radius 3 is 2.93 bits per heavy atom. The third kappa shape index (κ3) is 5.49. The molecule has 3 rings (SSSR count). The van der Waals surface area contributed by atoms with Crippen LogP contribution in [0.1, 0.15) is 34.9 Å². The van der Waals surface area contributed by atoms with Crippen molar-refractivity contribution in [3.63, 3.8) is 0 Å². The van der Waals surface area contributed by atoms with Crippen molar-refractivity contribution in [1.29, 1.82) is 0 Å². The van der Waals surface area contributed by atoms with E-state index >= 15 is 0 Å². The minimum atomic E-state index is -4.27. The highest BCUT2D eigenvalue weighted by Gasteiger charge is 2.28. The van der Waals surface area contributed by atoms with Crippen LogP contribution >= 0.6 is 11.8 Å². The lowest BCUT2D eigenvalue weighted by atomic mass is 10.1. The lowest BCUT2D eigenvalue weighted by Crippen LogP contribution is -2.32. The fourth-order valence-electron chi connectivity index (χ4n) is 2.94. The number of halogens is 3. The van der Waals surface area contributed by atoms with Gasteiger partial charge in [0.1, 0.15) is 0 Å². The molecule has 0 radical (unpaired) electrons. The minimum Gasteiger partial charge on any atom is -0.320 e. The summed E-state index contributed by atoms with van der Waals surface area (Å²) >= 11 is 0.654. The van der Waals surface area contributed by atoms with Crippen LogP contribution in [0.4, 0.5) is 18.9 Å². The van der Waals surface area contributed by atoms with Gasteiger partial charge in [-0.25, -0.2) is 0 Å². The third-order valence-corrected chi connectivity index (χ3v) is 5.40. The van der Waals surface area contributed by atoms with Gasteiger partial charge in [0.2, 0.25) is 0 Å². The van der Waals surface area contributed by atoms with Gasteiger partial charge in [-0.3, -0.25) is 9.48 Å². The van der Waals surface area contributed by atoms with Gasteiger partial charge in [-0.05, 0) is 50.1 Å². The first kappa shape index (κ1) is 19.8. The predicted molar refractivity (Wildman–Crippen MR) is 99.3 cm³/mol. The van der Waals surface area contributed by atoms with E-state index in [9.17, 15) is 18.0 Å². The van der Waals surface area contributed by atoms with E-state index in [1.807, 2.05) is 6.92 Å². The van der Waals surface area contributed by atoms with Crippen LogP contribution in [0.5, 0.6) is 0 Å². The van der Waals surface area contributed by atoms with Gasteiger partial charge in [0, 0.05) is 17.6 Å². The molecule has 0 aliphatic carbocycles. The zero-order chi connectivity index (χ0) is 19.4. The number of carbonyl (C=O) groups excluding carboxylic acids is 1. The summed E-state index contributed by atoms with van der Waals surface area (Å²) in [6.45, 7) is 3.61. The Bertz CT molecular complexity index is 800. The highest BCUT2D eigenvalue weighted by atomic mass is 32.2. The number of anilines is 1. The van der Waals surface area contributed by atoms with Crippen LogP contribution in [0.3, 0.4) is 0 Å². The number of alkyl halides is 3. The smallest absolute Gasteiger partial charge is 0.320 e. The molecule has 1 fully saturated rings. The molecule has 1 aromatic heterocycles. The van der Waals surface area contributed by atoms with E-state index < -0.39 is 17.8 Å². The van der Waals surface area contributed by atoms with Gasteiger partial charge in [0.15, 0.2) is 5.69 Å². The molecule has 1 atom stereocenters. The van der Waals surface area contributed by atoms with Crippen molar-refractivity contribution in [2.24, 2.45) is 0 Å². The molecule has 1 amide bonds. The summed E-state index contributed by atoms with van der Waals surface area (Å²) in [7, 11) is 0. The fourth-order valence-corrected chi connectivity index (χ4v) is 3.68. The first-order chi connectivity index (χ1) is 12.8. The summed E-state index contributed by atoms with van der Waals surface area (Å²) in [5.74, 6) is -1.45. The fraction of sp³-hybridized carbons (Fsp3) is 0.444. The van der Waals surface area contributed by atoms with Crippen LogP contribution < -0.4 is 10.6 Å². The average molecular weight is 398 g/mol. The molecule has 5 nitrogen and oxygen atoms in total. The second-order valence-corrected chi connectivity index (χ2v) is 7.56. The second kappa shape index (κ2) is 8.35. The number of hydrogen-bond donors (Lipinski definition) is 2.